The maximum absolute atomic E-state index is 11.3. The van der Waals surface area contributed by atoms with Gasteiger partial charge in [-0.15, -0.1) is 0 Å². The lowest BCUT2D eigenvalue weighted by molar-refractivity contribution is -0.128. The summed E-state index contributed by atoms with van der Waals surface area (Å²) in [7, 11) is 3.55. The lowest BCUT2D eigenvalue weighted by Crippen LogP contribution is -2.30. The summed E-state index contributed by atoms with van der Waals surface area (Å²) < 4.78 is 0. The van der Waals surface area contributed by atoms with Gasteiger partial charge in [-0.05, 0) is 26.4 Å². The van der Waals surface area contributed by atoms with E-state index in [1.54, 1.807) is 19.0 Å². The number of hydrogen-bond acceptors (Lipinski definition) is 3. The van der Waals surface area contributed by atoms with Crippen LogP contribution >= 0.6 is 0 Å². The van der Waals surface area contributed by atoms with Crippen LogP contribution in [0.15, 0.2) is 0 Å². The van der Waals surface area contributed by atoms with Crippen molar-refractivity contribution in [3.8, 4) is 6.07 Å². The Hall–Kier alpha value is -1.08. The topological polar surface area (TPSA) is 47.3 Å². The molecule has 0 aromatic carbocycles. The molecule has 0 saturated heterocycles. The molecule has 92 valence electrons. The number of rotatable bonds is 7. The fourth-order valence-corrected chi connectivity index (χ4v) is 1.48. The van der Waals surface area contributed by atoms with Crippen LogP contribution in [0.1, 0.15) is 26.7 Å². The van der Waals surface area contributed by atoms with Gasteiger partial charge in [0, 0.05) is 27.1 Å². The molecule has 0 fully saturated rings. The Balaban J connectivity index is 3.80. The summed E-state index contributed by atoms with van der Waals surface area (Å²) in [6, 6.07) is 2.23. The van der Waals surface area contributed by atoms with Crippen LogP contribution in [0.4, 0.5) is 0 Å². The fourth-order valence-electron chi connectivity index (χ4n) is 1.48. The Labute approximate surface area is 98.8 Å². The zero-order chi connectivity index (χ0) is 12.6. The lowest BCUT2D eigenvalue weighted by atomic mass is 10.2. The van der Waals surface area contributed by atoms with Crippen molar-refractivity contribution in [1.29, 1.82) is 5.26 Å². The van der Waals surface area contributed by atoms with E-state index in [-0.39, 0.29) is 11.8 Å². The first-order valence-corrected chi connectivity index (χ1v) is 5.83. The summed E-state index contributed by atoms with van der Waals surface area (Å²) in [6.07, 6.45) is 1.45. The van der Waals surface area contributed by atoms with E-state index in [1.165, 1.54) is 0 Å². The Morgan fingerprint density at radius 1 is 1.44 bits per heavy atom. The van der Waals surface area contributed by atoms with Crippen LogP contribution in [0.2, 0.25) is 0 Å². The van der Waals surface area contributed by atoms with Gasteiger partial charge in [0.05, 0.1) is 12.0 Å². The molecule has 0 heterocycles. The van der Waals surface area contributed by atoms with Crippen molar-refractivity contribution >= 4 is 5.91 Å². The van der Waals surface area contributed by atoms with Crippen LogP contribution in [-0.2, 0) is 4.79 Å². The standard InChI is InChI=1S/C12H23N3O/c1-5-15(10-11(2)9-13)8-6-7-12(16)14(3)4/h11H,5-8,10H2,1-4H3. The SMILES string of the molecule is CCN(CCCC(=O)N(C)C)CC(C)C#N. The van der Waals surface area contributed by atoms with Crippen molar-refractivity contribution in [2.75, 3.05) is 33.7 Å². The number of nitrogens with zero attached hydrogens (tertiary/aromatic N) is 3. The second kappa shape index (κ2) is 8.12. The van der Waals surface area contributed by atoms with Crippen LogP contribution in [0.25, 0.3) is 0 Å². The molecule has 1 unspecified atom stereocenters. The van der Waals surface area contributed by atoms with E-state index in [0.29, 0.717) is 6.42 Å². The molecule has 0 aliphatic carbocycles. The second-order valence-electron chi connectivity index (χ2n) is 4.32. The molecule has 16 heavy (non-hydrogen) atoms. The molecule has 4 nitrogen and oxygen atoms in total. The lowest BCUT2D eigenvalue weighted by Gasteiger charge is -2.21. The van der Waals surface area contributed by atoms with Gasteiger partial charge in [0.2, 0.25) is 5.91 Å². The Kier molecular flexibility index (Phi) is 7.57. The van der Waals surface area contributed by atoms with E-state index in [0.717, 1.165) is 26.1 Å². The van der Waals surface area contributed by atoms with Crippen LogP contribution in [0.5, 0.6) is 0 Å². The molecule has 0 aliphatic heterocycles. The molecular weight excluding hydrogens is 202 g/mol. The van der Waals surface area contributed by atoms with E-state index in [4.69, 9.17) is 5.26 Å². The van der Waals surface area contributed by atoms with E-state index in [1.807, 2.05) is 6.92 Å². The highest BCUT2D eigenvalue weighted by Crippen LogP contribution is 2.02. The van der Waals surface area contributed by atoms with Crippen molar-refractivity contribution in [3.63, 3.8) is 0 Å². The van der Waals surface area contributed by atoms with Gasteiger partial charge < -0.3 is 9.80 Å². The van der Waals surface area contributed by atoms with Crippen molar-refractivity contribution in [1.82, 2.24) is 9.80 Å². The summed E-state index contributed by atoms with van der Waals surface area (Å²) in [5.74, 6) is 0.230. The van der Waals surface area contributed by atoms with Crippen LogP contribution in [0.3, 0.4) is 0 Å². The normalized spacial score (nSPS) is 12.2. The first kappa shape index (κ1) is 14.9. The van der Waals surface area contributed by atoms with E-state index >= 15 is 0 Å². The smallest absolute Gasteiger partial charge is 0.222 e. The van der Waals surface area contributed by atoms with Gasteiger partial charge >= 0.3 is 0 Å². The largest absolute Gasteiger partial charge is 0.349 e. The molecule has 0 bridgehead atoms. The van der Waals surface area contributed by atoms with Crippen molar-refractivity contribution < 1.29 is 4.79 Å². The van der Waals surface area contributed by atoms with Gasteiger partial charge in [-0.1, -0.05) is 6.92 Å². The van der Waals surface area contributed by atoms with Crippen molar-refractivity contribution in [2.24, 2.45) is 5.92 Å². The van der Waals surface area contributed by atoms with E-state index < -0.39 is 0 Å². The number of carbonyl (C=O) groups is 1. The van der Waals surface area contributed by atoms with Crippen molar-refractivity contribution in [2.45, 2.75) is 26.7 Å². The number of nitriles is 1. The first-order chi connectivity index (χ1) is 7.51. The zero-order valence-electron chi connectivity index (χ0n) is 10.9. The molecule has 1 atom stereocenters. The molecule has 0 radical (unpaired) electrons. The molecule has 1 amide bonds. The molecule has 0 aromatic heterocycles. The highest BCUT2D eigenvalue weighted by Gasteiger charge is 2.09. The zero-order valence-corrected chi connectivity index (χ0v) is 10.9. The molecule has 0 saturated carbocycles. The summed E-state index contributed by atoms with van der Waals surface area (Å²) in [5.41, 5.74) is 0. The summed E-state index contributed by atoms with van der Waals surface area (Å²) in [6.45, 7) is 6.62. The summed E-state index contributed by atoms with van der Waals surface area (Å²) in [5, 5.41) is 8.73. The number of hydrogen-bond donors (Lipinski definition) is 0. The maximum Gasteiger partial charge on any atom is 0.222 e. The van der Waals surface area contributed by atoms with Gasteiger partial charge in [0.25, 0.3) is 0 Å². The monoisotopic (exact) mass is 225 g/mol. The predicted octanol–water partition coefficient (Wildman–Crippen LogP) is 1.34. The molecule has 0 spiro atoms. The Morgan fingerprint density at radius 3 is 2.50 bits per heavy atom. The average Bonchev–Trinajstić information content (AvgIpc) is 2.26. The Morgan fingerprint density at radius 2 is 2.06 bits per heavy atom. The molecule has 0 aromatic rings. The van der Waals surface area contributed by atoms with Gasteiger partial charge in [0.1, 0.15) is 0 Å². The van der Waals surface area contributed by atoms with E-state index in [9.17, 15) is 4.79 Å². The van der Waals surface area contributed by atoms with E-state index in [2.05, 4.69) is 17.9 Å². The third-order valence-electron chi connectivity index (χ3n) is 2.56. The molecule has 0 N–H and O–H groups in total. The van der Waals surface area contributed by atoms with Gasteiger partial charge in [-0.25, -0.2) is 0 Å². The average molecular weight is 225 g/mol. The minimum absolute atomic E-state index is 0.0597. The highest BCUT2D eigenvalue weighted by atomic mass is 16.2. The predicted molar refractivity (Wildman–Crippen MR) is 64.8 cm³/mol. The summed E-state index contributed by atoms with van der Waals surface area (Å²) >= 11 is 0. The quantitative estimate of drug-likeness (QED) is 0.657. The third kappa shape index (κ3) is 6.41. The van der Waals surface area contributed by atoms with Crippen LogP contribution in [-0.4, -0.2) is 49.4 Å². The van der Waals surface area contributed by atoms with Crippen LogP contribution < -0.4 is 0 Å². The van der Waals surface area contributed by atoms with Gasteiger partial charge in [-0.2, -0.15) is 5.26 Å². The minimum atomic E-state index is 0.0597. The molecular formula is C12H23N3O. The number of amides is 1. The maximum atomic E-state index is 11.3. The second-order valence-corrected chi connectivity index (χ2v) is 4.32. The Bertz CT molecular complexity index is 245. The molecule has 4 heteroatoms. The number of carbonyl (C=O) groups excluding carboxylic acids is 1. The van der Waals surface area contributed by atoms with Crippen LogP contribution in [0, 0.1) is 17.2 Å². The fraction of sp³-hybridized carbons (Fsp3) is 0.833. The molecule has 0 rings (SSSR count). The summed E-state index contributed by atoms with van der Waals surface area (Å²) in [4.78, 5) is 15.2. The third-order valence-corrected chi connectivity index (χ3v) is 2.56. The van der Waals surface area contributed by atoms with Crippen molar-refractivity contribution in [3.05, 3.63) is 0 Å². The minimum Gasteiger partial charge on any atom is -0.349 e. The van der Waals surface area contributed by atoms with Gasteiger partial charge in [-0.3, -0.25) is 4.79 Å². The van der Waals surface area contributed by atoms with Gasteiger partial charge in [0.15, 0.2) is 0 Å². The highest BCUT2D eigenvalue weighted by molar-refractivity contribution is 5.75. The molecule has 0 aliphatic rings. The first-order valence-electron chi connectivity index (χ1n) is 5.83.